The van der Waals surface area contributed by atoms with Gasteiger partial charge in [-0.1, -0.05) is 13.8 Å². The molecule has 0 radical (unpaired) electrons. The molecule has 0 saturated heterocycles. The second-order valence-electron chi connectivity index (χ2n) is 6.17. The van der Waals surface area contributed by atoms with Crippen LogP contribution in [0.4, 0.5) is 4.39 Å². The minimum absolute atomic E-state index is 0.00604. The predicted octanol–water partition coefficient (Wildman–Crippen LogP) is 2.58. The zero-order valence-electron chi connectivity index (χ0n) is 16.0. The molecule has 0 aliphatic heterocycles. The highest BCUT2D eigenvalue weighted by Crippen LogP contribution is 2.23. The number of esters is 1. The monoisotopic (exact) mass is 378 g/mol. The van der Waals surface area contributed by atoms with Gasteiger partial charge in [0.05, 0.1) is 19.3 Å². The van der Waals surface area contributed by atoms with Crippen molar-refractivity contribution in [2.75, 3.05) is 21.3 Å². The van der Waals surface area contributed by atoms with Crippen molar-refractivity contribution in [3.8, 4) is 11.4 Å². The highest BCUT2D eigenvalue weighted by molar-refractivity contribution is 5.90. The SMILES string of the molecule is COC(=O)c1c(C(C)C)nc(-c2ccc(F)cc2)n(CC(OC)OC)c1=O. The van der Waals surface area contributed by atoms with Crippen LogP contribution in [0.1, 0.15) is 35.8 Å². The van der Waals surface area contributed by atoms with E-state index >= 15 is 0 Å². The van der Waals surface area contributed by atoms with Crippen LogP contribution in [-0.4, -0.2) is 43.1 Å². The lowest BCUT2D eigenvalue weighted by atomic mass is 10.0. The van der Waals surface area contributed by atoms with Crippen molar-refractivity contribution >= 4 is 5.97 Å². The molecule has 0 fully saturated rings. The summed E-state index contributed by atoms with van der Waals surface area (Å²) in [6.07, 6.45) is -0.737. The molecule has 27 heavy (non-hydrogen) atoms. The Hall–Kier alpha value is -2.58. The Kier molecular flexibility index (Phi) is 6.81. The Morgan fingerprint density at radius 2 is 1.74 bits per heavy atom. The first-order valence-electron chi connectivity index (χ1n) is 8.38. The molecule has 0 amide bonds. The van der Waals surface area contributed by atoms with E-state index in [1.807, 2.05) is 13.8 Å². The number of aromatic nitrogens is 2. The predicted molar refractivity (Wildman–Crippen MR) is 97.1 cm³/mol. The van der Waals surface area contributed by atoms with E-state index in [0.29, 0.717) is 11.3 Å². The van der Waals surface area contributed by atoms with Crippen LogP contribution in [0.2, 0.25) is 0 Å². The van der Waals surface area contributed by atoms with Crippen LogP contribution in [0.3, 0.4) is 0 Å². The Bertz CT molecular complexity index is 858. The third kappa shape index (κ3) is 4.40. The standard InChI is InChI=1S/C19H23FN2O5/c1-11(2)16-15(19(24)27-5)18(23)22(10-14(25-3)26-4)17(21-16)12-6-8-13(20)9-7-12/h6-9,11,14H,10H2,1-5H3. The quantitative estimate of drug-likeness (QED) is 0.544. The van der Waals surface area contributed by atoms with Crippen LogP contribution in [0.25, 0.3) is 11.4 Å². The van der Waals surface area contributed by atoms with Crippen molar-refractivity contribution in [2.45, 2.75) is 32.6 Å². The highest BCUT2D eigenvalue weighted by atomic mass is 19.1. The zero-order valence-corrected chi connectivity index (χ0v) is 16.0. The van der Waals surface area contributed by atoms with Crippen molar-refractivity contribution in [1.29, 1.82) is 0 Å². The van der Waals surface area contributed by atoms with Crippen LogP contribution in [-0.2, 0) is 20.8 Å². The number of halogens is 1. The molecule has 0 aliphatic rings. The molecule has 0 saturated carbocycles. The van der Waals surface area contributed by atoms with Crippen molar-refractivity contribution in [3.63, 3.8) is 0 Å². The van der Waals surface area contributed by atoms with E-state index in [0.717, 1.165) is 0 Å². The zero-order chi connectivity index (χ0) is 20.1. The molecule has 0 spiro atoms. The lowest BCUT2D eigenvalue weighted by Gasteiger charge is -2.21. The number of nitrogens with zero attached hydrogens (tertiary/aromatic N) is 2. The van der Waals surface area contributed by atoms with E-state index in [-0.39, 0.29) is 23.9 Å². The van der Waals surface area contributed by atoms with Gasteiger partial charge in [0.2, 0.25) is 0 Å². The van der Waals surface area contributed by atoms with Gasteiger partial charge in [0, 0.05) is 19.8 Å². The molecule has 7 nitrogen and oxygen atoms in total. The second-order valence-corrected chi connectivity index (χ2v) is 6.17. The first kappa shape index (κ1) is 20.7. The smallest absolute Gasteiger partial charge is 0.345 e. The summed E-state index contributed by atoms with van der Waals surface area (Å²) in [5, 5.41) is 0. The van der Waals surface area contributed by atoms with Gasteiger partial charge in [0.15, 0.2) is 6.29 Å². The topological polar surface area (TPSA) is 79.7 Å². The van der Waals surface area contributed by atoms with Gasteiger partial charge in [-0.25, -0.2) is 14.2 Å². The van der Waals surface area contributed by atoms with Gasteiger partial charge in [0.25, 0.3) is 5.56 Å². The molecule has 1 heterocycles. The van der Waals surface area contributed by atoms with Gasteiger partial charge in [-0.05, 0) is 30.2 Å². The number of carbonyl (C=O) groups excluding carboxylic acids is 1. The van der Waals surface area contributed by atoms with Crippen molar-refractivity contribution in [1.82, 2.24) is 9.55 Å². The van der Waals surface area contributed by atoms with Gasteiger partial charge in [0.1, 0.15) is 17.2 Å². The van der Waals surface area contributed by atoms with Crippen LogP contribution < -0.4 is 5.56 Å². The number of methoxy groups -OCH3 is 3. The fraction of sp³-hybridized carbons (Fsp3) is 0.421. The molecule has 1 aromatic carbocycles. The lowest BCUT2D eigenvalue weighted by molar-refractivity contribution is -0.111. The summed E-state index contributed by atoms with van der Waals surface area (Å²) in [5.74, 6) is -1.09. The minimum atomic E-state index is -0.762. The summed E-state index contributed by atoms with van der Waals surface area (Å²) in [4.78, 5) is 30.0. The Balaban J connectivity index is 2.81. The molecule has 0 bridgehead atoms. The number of benzene rings is 1. The van der Waals surface area contributed by atoms with Gasteiger partial charge < -0.3 is 14.2 Å². The molecule has 0 N–H and O–H groups in total. The van der Waals surface area contributed by atoms with Gasteiger partial charge >= 0.3 is 5.97 Å². The van der Waals surface area contributed by atoms with Gasteiger partial charge in [-0.3, -0.25) is 9.36 Å². The van der Waals surface area contributed by atoms with E-state index in [9.17, 15) is 14.0 Å². The van der Waals surface area contributed by atoms with E-state index in [1.54, 1.807) is 0 Å². The van der Waals surface area contributed by atoms with Crippen molar-refractivity contribution in [3.05, 3.63) is 51.7 Å². The van der Waals surface area contributed by atoms with E-state index in [2.05, 4.69) is 4.98 Å². The summed E-state index contributed by atoms with van der Waals surface area (Å²) in [6.45, 7) is 3.63. The second kappa shape index (κ2) is 8.88. The molecule has 0 unspecified atom stereocenters. The molecule has 8 heteroatoms. The molecular formula is C19H23FN2O5. The van der Waals surface area contributed by atoms with Crippen molar-refractivity contribution < 1.29 is 23.4 Å². The first-order valence-corrected chi connectivity index (χ1v) is 8.38. The molecule has 2 aromatic rings. The van der Waals surface area contributed by atoms with Gasteiger partial charge in [-0.15, -0.1) is 0 Å². The summed E-state index contributed by atoms with van der Waals surface area (Å²) < 4.78 is 29.8. The summed E-state index contributed by atoms with van der Waals surface area (Å²) in [5.41, 5.74) is 0.134. The molecule has 146 valence electrons. The number of carbonyl (C=O) groups is 1. The number of ether oxygens (including phenoxy) is 3. The van der Waals surface area contributed by atoms with Crippen LogP contribution in [0.15, 0.2) is 29.1 Å². The van der Waals surface area contributed by atoms with Crippen LogP contribution in [0, 0.1) is 5.82 Å². The Morgan fingerprint density at radius 3 is 2.22 bits per heavy atom. The highest BCUT2D eigenvalue weighted by Gasteiger charge is 2.26. The van der Waals surface area contributed by atoms with E-state index < -0.39 is 23.6 Å². The number of hydrogen-bond donors (Lipinski definition) is 0. The molecular weight excluding hydrogens is 355 g/mol. The largest absolute Gasteiger partial charge is 0.465 e. The maximum Gasteiger partial charge on any atom is 0.345 e. The third-order valence-corrected chi connectivity index (χ3v) is 4.09. The average Bonchev–Trinajstić information content (AvgIpc) is 2.66. The van der Waals surface area contributed by atoms with E-state index in [4.69, 9.17) is 14.2 Å². The minimum Gasteiger partial charge on any atom is -0.465 e. The van der Waals surface area contributed by atoms with Gasteiger partial charge in [-0.2, -0.15) is 0 Å². The average molecular weight is 378 g/mol. The number of rotatable bonds is 7. The maximum atomic E-state index is 13.3. The van der Waals surface area contributed by atoms with Crippen LogP contribution >= 0.6 is 0 Å². The van der Waals surface area contributed by atoms with Crippen molar-refractivity contribution in [2.24, 2.45) is 0 Å². The normalized spacial score (nSPS) is 11.3. The first-order chi connectivity index (χ1) is 12.8. The fourth-order valence-electron chi connectivity index (χ4n) is 2.67. The molecule has 0 aliphatic carbocycles. The fourth-order valence-corrected chi connectivity index (χ4v) is 2.67. The summed E-state index contributed by atoms with van der Waals surface area (Å²) in [7, 11) is 4.08. The van der Waals surface area contributed by atoms with Crippen LogP contribution in [0.5, 0.6) is 0 Å². The Labute approximate surface area is 156 Å². The molecule has 2 rings (SSSR count). The maximum absolute atomic E-state index is 13.3. The lowest BCUT2D eigenvalue weighted by Crippen LogP contribution is -2.36. The summed E-state index contributed by atoms with van der Waals surface area (Å²) >= 11 is 0. The Morgan fingerprint density at radius 1 is 1.15 bits per heavy atom. The number of hydrogen-bond acceptors (Lipinski definition) is 6. The molecule has 0 atom stereocenters. The van der Waals surface area contributed by atoms with E-state index in [1.165, 1.54) is 50.2 Å². The third-order valence-electron chi connectivity index (χ3n) is 4.09. The summed E-state index contributed by atoms with van der Waals surface area (Å²) in [6, 6.07) is 5.59. The molecule has 1 aromatic heterocycles.